The number of aliphatic carboxylic acids is 1. The minimum atomic E-state index is -1.08. The lowest BCUT2D eigenvalue weighted by Crippen LogP contribution is -2.32. The van der Waals surface area contributed by atoms with Crippen LogP contribution in [0.3, 0.4) is 0 Å². The highest BCUT2D eigenvalue weighted by atomic mass is 32.2. The molecule has 154 valence electrons. The molecule has 0 radical (unpaired) electrons. The fraction of sp³-hybridized carbons (Fsp3) is 0.421. The number of fused-ring (bicyclic) bond motifs is 2. The van der Waals surface area contributed by atoms with Gasteiger partial charge in [0, 0.05) is 17.2 Å². The molecule has 0 spiro atoms. The quantitative estimate of drug-likeness (QED) is 0.403. The van der Waals surface area contributed by atoms with Crippen molar-refractivity contribution in [3.63, 3.8) is 0 Å². The second-order valence-corrected chi connectivity index (χ2v) is 8.46. The van der Waals surface area contributed by atoms with Crippen LogP contribution in [0.15, 0.2) is 20.6 Å². The van der Waals surface area contributed by atoms with Crippen LogP contribution in [0.5, 0.6) is 0 Å². The number of rotatable bonds is 6. The number of nitrogens with zero attached hydrogens (tertiary/aromatic N) is 3. The predicted octanol–water partition coefficient (Wildman–Crippen LogP) is 1.36. The maximum Gasteiger partial charge on any atom is 0.349 e. The molecule has 0 fully saturated rings. The second-order valence-electron chi connectivity index (χ2n) is 7.43. The molecule has 0 saturated heterocycles. The van der Waals surface area contributed by atoms with Crippen molar-refractivity contribution in [1.29, 1.82) is 0 Å². The smallest absolute Gasteiger partial charge is 0.349 e. The zero-order valence-corrected chi connectivity index (χ0v) is 17.5. The van der Waals surface area contributed by atoms with Gasteiger partial charge in [-0.3, -0.25) is 14.6 Å². The molecule has 0 aliphatic carbocycles. The van der Waals surface area contributed by atoms with Gasteiger partial charge in [-0.2, -0.15) is 4.98 Å². The largest absolute Gasteiger partial charge is 0.480 e. The molecule has 2 aliphatic rings. The monoisotopic (exact) mass is 417 g/mol. The molecule has 2 heterocycles. The fourth-order valence-electron chi connectivity index (χ4n) is 3.09. The summed E-state index contributed by atoms with van der Waals surface area (Å²) in [4.78, 5) is 46.8. The molecule has 9 nitrogen and oxygen atoms in total. The van der Waals surface area contributed by atoms with E-state index in [1.165, 1.54) is 11.8 Å². The zero-order chi connectivity index (χ0) is 21.5. The van der Waals surface area contributed by atoms with E-state index in [1.807, 2.05) is 38.3 Å². The van der Waals surface area contributed by atoms with Gasteiger partial charge < -0.3 is 15.4 Å². The summed E-state index contributed by atoms with van der Waals surface area (Å²) in [6.45, 7) is 8.46. The van der Waals surface area contributed by atoms with Crippen molar-refractivity contribution in [2.24, 2.45) is 11.7 Å². The van der Waals surface area contributed by atoms with Crippen LogP contribution >= 0.6 is 11.8 Å². The highest BCUT2D eigenvalue weighted by Gasteiger charge is 2.23. The zero-order valence-electron chi connectivity index (χ0n) is 16.6. The molecule has 1 atom stereocenters. The summed E-state index contributed by atoms with van der Waals surface area (Å²) in [6.07, 6.45) is 0. The van der Waals surface area contributed by atoms with Crippen LogP contribution in [0.2, 0.25) is 0 Å². The van der Waals surface area contributed by atoms with E-state index < -0.39 is 23.3 Å². The maximum atomic E-state index is 12.4. The summed E-state index contributed by atoms with van der Waals surface area (Å²) >= 11 is 1.30. The van der Waals surface area contributed by atoms with E-state index in [4.69, 9.17) is 10.8 Å². The van der Waals surface area contributed by atoms with Gasteiger partial charge in [0.25, 0.3) is 5.56 Å². The van der Waals surface area contributed by atoms with Gasteiger partial charge in [0.1, 0.15) is 11.6 Å². The number of carbonyl (C=O) groups is 1. The number of hydrogen-bond acceptors (Lipinski definition) is 7. The number of aryl methyl sites for hydroxylation is 1. The van der Waals surface area contributed by atoms with Crippen LogP contribution in [0.1, 0.15) is 25.0 Å². The fourth-order valence-corrected chi connectivity index (χ4v) is 4.24. The molecular formula is C19H23N5O4S. The number of carboxylic acid groups (broad SMARTS) is 1. The summed E-state index contributed by atoms with van der Waals surface area (Å²) in [5, 5.41) is 9.10. The third-order valence-electron chi connectivity index (χ3n) is 4.64. The minimum Gasteiger partial charge on any atom is -0.480 e. The number of H-pyrrole nitrogens is 1. The van der Waals surface area contributed by atoms with Gasteiger partial charge in [-0.05, 0) is 37.0 Å². The first kappa shape index (κ1) is 21.0. The Morgan fingerprint density at radius 1 is 1.31 bits per heavy atom. The molecule has 0 aromatic heterocycles. The third kappa shape index (κ3) is 4.03. The van der Waals surface area contributed by atoms with Gasteiger partial charge in [0.2, 0.25) is 0 Å². The van der Waals surface area contributed by atoms with E-state index >= 15 is 0 Å². The number of hydrogen-bond donors (Lipinski definition) is 3. The van der Waals surface area contributed by atoms with E-state index in [0.717, 1.165) is 21.5 Å². The van der Waals surface area contributed by atoms with Gasteiger partial charge >= 0.3 is 11.7 Å². The Labute approximate surface area is 170 Å². The van der Waals surface area contributed by atoms with Gasteiger partial charge in [-0.1, -0.05) is 13.8 Å². The molecule has 0 unspecified atom stereocenters. The molecule has 1 aromatic rings. The van der Waals surface area contributed by atoms with Crippen LogP contribution in [0, 0.1) is 19.8 Å². The molecule has 29 heavy (non-hydrogen) atoms. The molecule has 3 rings (SSSR count). The van der Waals surface area contributed by atoms with E-state index in [-0.39, 0.29) is 23.2 Å². The number of aromatic nitrogens is 4. The molecular weight excluding hydrogens is 394 g/mol. The van der Waals surface area contributed by atoms with Crippen LogP contribution < -0.4 is 17.0 Å². The molecule has 10 heteroatoms. The summed E-state index contributed by atoms with van der Waals surface area (Å²) in [5.74, 6) is -0.458. The number of aromatic amines is 1. The van der Waals surface area contributed by atoms with Crippen molar-refractivity contribution in [3.05, 3.63) is 38.0 Å². The van der Waals surface area contributed by atoms with Gasteiger partial charge in [0.15, 0.2) is 11.5 Å². The minimum absolute atomic E-state index is 0.0744. The van der Waals surface area contributed by atoms with Crippen LogP contribution in [0.25, 0.3) is 22.6 Å². The maximum absolute atomic E-state index is 12.4. The van der Waals surface area contributed by atoms with Crippen molar-refractivity contribution < 1.29 is 9.90 Å². The number of carboxylic acids is 1. The van der Waals surface area contributed by atoms with Gasteiger partial charge in [-0.15, -0.1) is 11.8 Å². The number of nitrogens with two attached hydrogens (primary N) is 1. The normalized spacial score (nSPS) is 12.8. The van der Waals surface area contributed by atoms with Crippen LogP contribution in [-0.2, 0) is 11.3 Å². The van der Waals surface area contributed by atoms with Gasteiger partial charge in [-0.25, -0.2) is 9.78 Å². The first-order valence-electron chi connectivity index (χ1n) is 9.16. The lowest BCUT2D eigenvalue weighted by molar-refractivity contribution is -0.137. The second kappa shape index (κ2) is 7.96. The number of benzene rings is 1. The van der Waals surface area contributed by atoms with E-state index in [1.54, 1.807) is 0 Å². The number of thioether (sulfide) groups is 1. The average molecular weight is 417 g/mol. The topological polar surface area (TPSA) is 144 Å². The average Bonchev–Trinajstić information content (AvgIpc) is 2.62. The summed E-state index contributed by atoms with van der Waals surface area (Å²) in [6, 6.07) is 0.930. The SMILES string of the molecule is Cc1cc2c(nc3c(=O)[nH]c(=O)nc-3n2CC(C)C)c(SC[C@H](N)C(=O)O)c1C. The molecule has 4 N–H and O–H groups in total. The third-order valence-corrected chi connectivity index (χ3v) is 5.95. The van der Waals surface area contributed by atoms with Crippen molar-refractivity contribution in [3.8, 4) is 11.5 Å². The van der Waals surface area contributed by atoms with Crippen molar-refractivity contribution in [2.75, 3.05) is 5.75 Å². The van der Waals surface area contributed by atoms with Gasteiger partial charge in [0.05, 0.1) is 5.52 Å². The Hall–Kier alpha value is -2.72. The Balaban J connectivity index is 2.37. The highest BCUT2D eigenvalue weighted by molar-refractivity contribution is 7.99. The molecule has 0 bridgehead atoms. The van der Waals surface area contributed by atoms with Crippen molar-refractivity contribution >= 4 is 28.8 Å². The van der Waals surface area contributed by atoms with Crippen molar-refractivity contribution in [1.82, 2.24) is 19.5 Å². The first-order chi connectivity index (χ1) is 13.6. The van der Waals surface area contributed by atoms with Crippen molar-refractivity contribution in [2.45, 2.75) is 45.2 Å². The Bertz CT molecular complexity index is 1180. The Morgan fingerprint density at radius 3 is 2.62 bits per heavy atom. The lowest BCUT2D eigenvalue weighted by Gasteiger charge is -2.21. The predicted molar refractivity (Wildman–Crippen MR) is 112 cm³/mol. The van der Waals surface area contributed by atoms with E-state index in [2.05, 4.69) is 15.0 Å². The van der Waals surface area contributed by atoms with E-state index in [0.29, 0.717) is 12.1 Å². The van der Waals surface area contributed by atoms with Crippen LogP contribution in [-0.4, -0.2) is 42.4 Å². The summed E-state index contributed by atoms with van der Waals surface area (Å²) in [7, 11) is 0. The number of nitrogens with one attached hydrogen (secondary N) is 1. The standard InChI is InChI=1S/C19H23N5O4S/c1-8(2)6-24-12-5-9(3)10(4)15(29-7-11(20)18(26)27)13(12)21-14-16(24)22-19(28)23-17(14)25/h5,8,11H,6-7,20H2,1-4H3,(H,26,27)(H,23,25,28)/t11-/m0/s1. The summed E-state index contributed by atoms with van der Waals surface area (Å²) < 4.78 is 1.84. The van der Waals surface area contributed by atoms with Crippen LogP contribution in [0.4, 0.5) is 0 Å². The molecule has 0 saturated carbocycles. The lowest BCUT2D eigenvalue weighted by atomic mass is 10.1. The molecule has 0 amide bonds. The summed E-state index contributed by atoms with van der Waals surface area (Å²) in [5.41, 5.74) is 7.65. The molecule has 1 aromatic carbocycles. The Kier molecular flexibility index (Phi) is 5.76. The highest BCUT2D eigenvalue weighted by Crippen LogP contribution is 2.35. The van der Waals surface area contributed by atoms with E-state index in [9.17, 15) is 14.4 Å². The molecule has 2 aliphatic heterocycles. The Morgan fingerprint density at radius 2 is 2.00 bits per heavy atom. The first-order valence-corrected chi connectivity index (χ1v) is 10.1.